The lowest BCUT2D eigenvalue weighted by Gasteiger charge is -2.09. The van der Waals surface area contributed by atoms with Gasteiger partial charge in [0.1, 0.15) is 5.75 Å². The van der Waals surface area contributed by atoms with E-state index in [1.807, 2.05) is 0 Å². The number of hydrogen-bond donors (Lipinski definition) is 3. The number of phenolic OH excluding ortho intramolecular Hbond substituents is 1. The minimum Gasteiger partial charge on any atom is -0.506 e. The summed E-state index contributed by atoms with van der Waals surface area (Å²) in [5.41, 5.74) is 6.63. The number of rotatable bonds is 2. The van der Waals surface area contributed by atoms with Gasteiger partial charge < -0.3 is 16.2 Å². The van der Waals surface area contributed by atoms with Gasteiger partial charge in [0.25, 0.3) is 5.91 Å². The third-order valence-corrected chi connectivity index (χ3v) is 3.19. The molecule has 4 nitrogen and oxygen atoms in total. The van der Waals surface area contributed by atoms with Crippen LogP contribution in [0.1, 0.15) is 10.4 Å². The molecule has 0 aliphatic heterocycles. The fourth-order valence-electron chi connectivity index (χ4n) is 1.52. The highest BCUT2D eigenvalue weighted by atomic mass is 35.5. The van der Waals surface area contributed by atoms with Crippen molar-refractivity contribution in [3.05, 3.63) is 52.0 Å². The summed E-state index contributed by atoms with van der Waals surface area (Å²) in [6, 6.07) is 9.16. The molecule has 0 saturated heterocycles. The number of nitrogen functional groups attached to an aromatic ring is 1. The molecule has 0 saturated carbocycles. The quantitative estimate of drug-likeness (QED) is 0.742. The molecule has 1 amide bonds. The van der Waals surface area contributed by atoms with E-state index in [9.17, 15) is 9.90 Å². The average molecular weight is 297 g/mol. The molecule has 0 aliphatic carbocycles. The lowest BCUT2D eigenvalue weighted by molar-refractivity contribution is 0.102. The summed E-state index contributed by atoms with van der Waals surface area (Å²) in [5.74, 6) is -0.638. The smallest absolute Gasteiger partial charge is 0.257 e. The molecular weight excluding hydrogens is 287 g/mol. The first-order chi connectivity index (χ1) is 8.99. The van der Waals surface area contributed by atoms with E-state index in [4.69, 9.17) is 28.9 Å². The van der Waals surface area contributed by atoms with Crippen LogP contribution in [0, 0.1) is 0 Å². The first kappa shape index (κ1) is 13.5. The number of anilines is 2. The van der Waals surface area contributed by atoms with Crippen molar-refractivity contribution in [3.63, 3.8) is 0 Å². The molecule has 0 fully saturated rings. The number of aromatic hydroxyl groups is 1. The number of benzene rings is 2. The van der Waals surface area contributed by atoms with Crippen LogP contribution in [-0.2, 0) is 0 Å². The van der Waals surface area contributed by atoms with Gasteiger partial charge in [-0.15, -0.1) is 0 Å². The zero-order valence-electron chi connectivity index (χ0n) is 9.65. The first-order valence-corrected chi connectivity index (χ1v) is 6.08. The van der Waals surface area contributed by atoms with Crippen molar-refractivity contribution in [3.8, 4) is 5.75 Å². The third kappa shape index (κ3) is 2.92. The number of nitrogens with one attached hydrogen (secondary N) is 1. The Morgan fingerprint density at radius 2 is 1.95 bits per heavy atom. The van der Waals surface area contributed by atoms with E-state index in [0.717, 1.165) is 0 Å². The van der Waals surface area contributed by atoms with E-state index < -0.39 is 5.91 Å². The maximum absolute atomic E-state index is 12.0. The average Bonchev–Trinajstić information content (AvgIpc) is 2.37. The molecule has 4 N–H and O–H groups in total. The molecule has 0 radical (unpaired) electrons. The number of hydrogen-bond acceptors (Lipinski definition) is 3. The lowest BCUT2D eigenvalue weighted by atomic mass is 10.2. The van der Waals surface area contributed by atoms with E-state index in [0.29, 0.717) is 16.4 Å². The second-order valence-corrected chi connectivity index (χ2v) is 4.62. The first-order valence-electron chi connectivity index (χ1n) is 5.33. The zero-order chi connectivity index (χ0) is 14.0. The SMILES string of the molecule is Nc1ccc(Cl)c(NC(=O)c2cccc(O)c2Cl)c1. The van der Waals surface area contributed by atoms with E-state index >= 15 is 0 Å². The summed E-state index contributed by atoms with van der Waals surface area (Å²) in [4.78, 5) is 12.0. The molecule has 98 valence electrons. The van der Waals surface area contributed by atoms with Crippen LogP contribution in [0.5, 0.6) is 5.75 Å². The lowest BCUT2D eigenvalue weighted by Crippen LogP contribution is -2.13. The van der Waals surface area contributed by atoms with Gasteiger partial charge in [0, 0.05) is 5.69 Å². The summed E-state index contributed by atoms with van der Waals surface area (Å²) in [6.07, 6.45) is 0. The van der Waals surface area contributed by atoms with Crippen LogP contribution in [0.25, 0.3) is 0 Å². The van der Waals surface area contributed by atoms with E-state index in [1.54, 1.807) is 12.1 Å². The Kier molecular flexibility index (Phi) is 3.83. The maximum Gasteiger partial charge on any atom is 0.257 e. The van der Waals surface area contributed by atoms with E-state index in [2.05, 4.69) is 5.32 Å². The van der Waals surface area contributed by atoms with Crippen LogP contribution >= 0.6 is 23.2 Å². The van der Waals surface area contributed by atoms with Gasteiger partial charge >= 0.3 is 0 Å². The summed E-state index contributed by atoms with van der Waals surface area (Å²) >= 11 is 11.8. The van der Waals surface area contributed by atoms with Crippen molar-refractivity contribution >= 4 is 40.5 Å². The third-order valence-electron chi connectivity index (χ3n) is 2.46. The van der Waals surface area contributed by atoms with Crippen molar-refractivity contribution in [1.82, 2.24) is 0 Å². The van der Waals surface area contributed by atoms with Crippen molar-refractivity contribution in [2.75, 3.05) is 11.1 Å². The van der Waals surface area contributed by atoms with Crippen LogP contribution in [0.2, 0.25) is 10.0 Å². The summed E-state index contributed by atoms with van der Waals surface area (Å²) in [5, 5.41) is 12.4. The van der Waals surface area contributed by atoms with E-state index in [-0.39, 0.29) is 16.3 Å². The molecule has 0 aliphatic rings. The predicted octanol–water partition coefficient (Wildman–Crippen LogP) is 3.53. The Hall–Kier alpha value is -1.91. The molecule has 0 atom stereocenters. The van der Waals surface area contributed by atoms with Crippen molar-refractivity contribution < 1.29 is 9.90 Å². The molecule has 0 bridgehead atoms. The van der Waals surface area contributed by atoms with Gasteiger partial charge in [0.2, 0.25) is 0 Å². The topological polar surface area (TPSA) is 75.3 Å². The number of carbonyl (C=O) groups excluding carboxylic acids is 1. The number of carbonyl (C=O) groups is 1. The van der Waals surface area contributed by atoms with Gasteiger partial charge in [0.05, 0.1) is 21.3 Å². The normalized spacial score (nSPS) is 10.2. The largest absolute Gasteiger partial charge is 0.506 e. The highest BCUT2D eigenvalue weighted by Crippen LogP contribution is 2.29. The molecule has 19 heavy (non-hydrogen) atoms. The second kappa shape index (κ2) is 5.38. The Labute approximate surface area is 119 Å². The molecule has 0 aromatic heterocycles. The van der Waals surface area contributed by atoms with Crippen molar-refractivity contribution in [2.45, 2.75) is 0 Å². The highest BCUT2D eigenvalue weighted by molar-refractivity contribution is 6.36. The minimum atomic E-state index is -0.478. The van der Waals surface area contributed by atoms with Gasteiger partial charge in [0.15, 0.2) is 0 Å². The highest BCUT2D eigenvalue weighted by Gasteiger charge is 2.14. The Morgan fingerprint density at radius 3 is 2.68 bits per heavy atom. The Bertz CT molecular complexity index is 645. The molecule has 2 aromatic carbocycles. The summed E-state index contributed by atoms with van der Waals surface area (Å²) in [7, 11) is 0. The van der Waals surface area contributed by atoms with Gasteiger partial charge in [-0.05, 0) is 30.3 Å². The minimum absolute atomic E-state index is 0.0139. The molecule has 2 rings (SSSR count). The number of amides is 1. The predicted molar refractivity (Wildman–Crippen MR) is 76.9 cm³/mol. The maximum atomic E-state index is 12.0. The summed E-state index contributed by atoms with van der Waals surface area (Å²) < 4.78 is 0. The van der Waals surface area contributed by atoms with Gasteiger partial charge in [-0.3, -0.25) is 4.79 Å². The van der Waals surface area contributed by atoms with Crippen LogP contribution in [0.15, 0.2) is 36.4 Å². The fraction of sp³-hybridized carbons (Fsp3) is 0. The summed E-state index contributed by atoms with van der Waals surface area (Å²) in [6.45, 7) is 0. The molecule has 0 unspecified atom stereocenters. The molecule has 0 spiro atoms. The van der Waals surface area contributed by atoms with Gasteiger partial charge in [-0.2, -0.15) is 0 Å². The number of phenols is 1. The number of nitrogens with two attached hydrogens (primary N) is 1. The standard InChI is InChI=1S/C13H10Cl2N2O2/c14-9-5-4-7(16)6-10(9)17-13(19)8-2-1-3-11(18)12(8)15/h1-6,18H,16H2,(H,17,19). The number of halogens is 2. The van der Waals surface area contributed by atoms with Crippen molar-refractivity contribution in [1.29, 1.82) is 0 Å². The van der Waals surface area contributed by atoms with Gasteiger partial charge in [-0.25, -0.2) is 0 Å². The van der Waals surface area contributed by atoms with E-state index in [1.165, 1.54) is 24.3 Å². The second-order valence-electron chi connectivity index (χ2n) is 3.83. The Balaban J connectivity index is 2.31. The van der Waals surface area contributed by atoms with Crippen LogP contribution in [-0.4, -0.2) is 11.0 Å². The fourth-order valence-corrected chi connectivity index (χ4v) is 1.90. The molecule has 0 heterocycles. The molecule has 2 aromatic rings. The molecule has 6 heteroatoms. The molecular formula is C13H10Cl2N2O2. The Morgan fingerprint density at radius 1 is 1.21 bits per heavy atom. The van der Waals surface area contributed by atoms with Crippen LogP contribution in [0.3, 0.4) is 0 Å². The zero-order valence-corrected chi connectivity index (χ0v) is 11.2. The van der Waals surface area contributed by atoms with Crippen LogP contribution < -0.4 is 11.1 Å². The monoisotopic (exact) mass is 296 g/mol. The van der Waals surface area contributed by atoms with Crippen molar-refractivity contribution in [2.24, 2.45) is 0 Å². The van der Waals surface area contributed by atoms with Gasteiger partial charge in [-0.1, -0.05) is 29.3 Å². The van der Waals surface area contributed by atoms with Crippen LogP contribution in [0.4, 0.5) is 11.4 Å².